The van der Waals surface area contributed by atoms with Gasteiger partial charge in [-0.2, -0.15) is 25.3 Å². The lowest BCUT2D eigenvalue weighted by Gasteiger charge is -2.28. The van der Waals surface area contributed by atoms with Crippen LogP contribution < -0.4 is 54.0 Å². The average Bonchev–Trinajstić information content (AvgIpc) is 4.02. The second-order valence-corrected chi connectivity index (χ2v) is 15.5. The van der Waals surface area contributed by atoms with Crippen LogP contribution in [-0.2, 0) is 60.8 Å². The molecule has 0 bridgehead atoms. The topological polar surface area (TPSA) is 437 Å². The number of rotatable bonds is 30. The Morgan fingerprint density at radius 1 is 0.652 bits per heavy atom. The summed E-state index contributed by atoms with van der Waals surface area (Å²) in [6, 6.07) is -11.6. The van der Waals surface area contributed by atoms with Crippen LogP contribution in [0.4, 0.5) is 0 Å². The number of carbonyl (C=O) groups is 10. The van der Waals surface area contributed by atoms with E-state index < -0.39 is 133 Å². The number of thiol groups is 2. The third kappa shape index (κ3) is 18.7. The van der Waals surface area contributed by atoms with Crippen molar-refractivity contribution in [2.45, 2.75) is 94.3 Å². The van der Waals surface area contributed by atoms with Crippen molar-refractivity contribution in [1.82, 2.24) is 62.5 Å². The van der Waals surface area contributed by atoms with Crippen LogP contribution in [0.25, 0.3) is 0 Å². The number of hydrogen-bond donors (Lipinski definition) is 17. The van der Waals surface area contributed by atoms with Gasteiger partial charge in [-0.3, -0.25) is 43.2 Å². The fourth-order valence-corrected chi connectivity index (χ4v) is 6.13. The molecular weight excluding hydrogens is 913 g/mol. The highest BCUT2D eigenvalue weighted by atomic mass is 32.1. The second kappa shape index (κ2) is 28.6. The van der Waals surface area contributed by atoms with E-state index >= 15 is 0 Å². The van der Waals surface area contributed by atoms with Crippen LogP contribution in [0.15, 0.2) is 25.0 Å². The van der Waals surface area contributed by atoms with Crippen LogP contribution in [0.1, 0.15) is 44.5 Å². The van der Waals surface area contributed by atoms with Gasteiger partial charge in [0.05, 0.1) is 38.5 Å². The molecule has 0 fully saturated rings. The first kappa shape index (κ1) is 55.8. The predicted molar refractivity (Wildman–Crippen MR) is 236 cm³/mol. The quantitative estimate of drug-likeness (QED) is 0.0324. The van der Waals surface area contributed by atoms with Crippen molar-refractivity contribution < 1.29 is 63.3 Å². The summed E-state index contributed by atoms with van der Waals surface area (Å²) >= 11 is 7.87. The van der Waals surface area contributed by atoms with Gasteiger partial charge in [0, 0.05) is 54.5 Å². The van der Waals surface area contributed by atoms with Crippen molar-refractivity contribution in [3.8, 4) is 0 Å². The van der Waals surface area contributed by atoms with Gasteiger partial charge in [0.2, 0.25) is 53.2 Å². The molecule has 17 N–H and O–H groups in total. The van der Waals surface area contributed by atoms with Crippen LogP contribution in [0.5, 0.6) is 0 Å². The average molecular weight is 971 g/mol. The number of carboxylic acids is 1. The third-order valence-electron chi connectivity index (χ3n) is 9.73. The predicted octanol–water partition coefficient (Wildman–Crippen LogP) is -7.00. The first-order chi connectivity index (χ1) is 31.3. The number of H-pyrrole nitrogens is 2. The Kier molecular flexibility index (Phi) is 24.2. The zero-order valence-corrected chi connectivity index (χ0v) is 37.7. The second-order valence-electron chi connectivity index (χ2n) is 14.8. The van der Waals surface area contributed by atoms with E-state index in [9.17, 15) is 63.3 Å². The molecule has 2 rings (SSSR count). The maximum Gasteiger partial charge on any atom is 0.327 e. The molecule has 366 valence electrons. The number of nitrogens with one attached hydrogen (secondary N) is 10. The Morgan fingerprint density at radius 3 is 1.58 bits per heavy atom. The van der Waals surface area contributed by atoms with Crippen LogP contribution >= 0.6 is 25.3 Å². The molecule has 0 unspecified atom stereocenters. The maximum atomic E-state index is 13.7. The number of aliphatic hydroxyl groups excluding tert-OH is 2. The highest BCUT2D eigenvalue weighted by Gasteiger charge is 2.35. The number of imidazole rings is 2. The van der Waals surface area contributed by atoms with E-state index in [1.165, 1.54) is 25.0 Å². The minimum absolute atomic E-state index is 0.0624. The molecule has 0 aliphatic heterocycles. The van der Waals surface area contributed by atoms with Gasteiger partial charge in [-0.25, -0.2) is 14.8 Å². The van der Waals surface area contributed by atoms with Crippen LogP contribution in [0.3, 0.4) is 0 Å². The fourth-order valence-electron chi connectivity index (χ4n) is 5.71. The number of aliphatic carboxylic acids is 1. The molecule has 0 saturated heterocycles. The minimum Gasteiger partial charge on any atom is -0.480 e. The summed E-state index contributed by atoms with van der Waals surface area (Å²) in [5, 5.41) is 48.5. The zero-order chi connectivity index (χ0) is 49.5. The highest BCUT2D eigenvalue weighted by molar-refractivity contribution is 7.80. The first-order valence-electron chi connectivity index (χ1n) is 20.3. The van der Waals surface area contributed by atoms with Crippen molar-refractivity contribution in [3.63, 3.8) is 0 Å². The van der Waals surface area contributed by atoms with Crippen LogP contribution in [0.2, 0.25) is 0 Å². The monoisotopic (exact) mass is 970 g/mol. The molecule has 2 aromatic rings. The number of aromatic nitrogens is 4. The Labute approximate surface area is 388 Å². The van der Waals surface area contributed by atoms with Gasteiger partial charge in [0.1, 0.15) is 42.3 Å². The molecule has 29 heteroatoms. The summed E-state index contributed by atoms with van der Waals surface area (Å²) in [5.74, 6) is -10.8. The molecule has 0 saturated carbocycles. The molecule has 0 aliphatic carbocycles. The molecule has 0 aromatic carbocycles. The smallest absolute Gasteiger partial charge is 0.327 e. The molecule has 9 atom stereocenters. The minimum atomic E-state index is -1.73. The SMILES string of the molecule is CC[C@H](C)[C@H](NC(=O)[C@H](CO)NC(=O)[C@H](Cc1cnc[nH]1)NC(=O)CNC(=O)[C@H](CCC(N)=O)NC(=O)[C@@H](N)CS)C(=O)N[C@@H](CO)C(=O)N[C@@H](Cc1cnc[nH]1)C(=O)N[C@@H](CS)C(=O)O. The Morgan fingerprint density at radius 2 is 1.12 bits per heavy atom. The van der Waals surface area contributed by atoms with Crippen molar-refractivity contribution in [1.29, 1.82) is 0 Å². The summed E-state index contributed by atoms with van der Waals surface area (Å²) in [6.45, 7) is 0.490. The van der Waals surface area contributed by atoms with Crippen LogP contribution in [0, 0.1) is 5.92 Å². The number of aliphatic hydroxyl groups is 2. The standard InChI is InChI=1S/C37H58N14O13S2/c1-3-17(2)29(36(62)49-24(11-52)34(60)47-23(7-19-9-41-16-44-19)33(59)50-26(14-66)37(63)64)51-35(61)25(12-53)48-32(58)22(6-18-8-40-15-43-18)45-28(55)10-42-31(57)21(4-5-27(39)54)46-30(56)20(38)13-65/h8-9,15-17,20-26,29,52-53,65-66H,3-7,10-14,38H2,1-2H3,(H2,39,54)(H,40,43)(H,41,44)(H,42,57)(H,45,55)(H,46,56)(H,47,60)(H,48,58)(H,49,62)(H,50,59)(H,51,61)(H,63,64)/t17-,20-,21-,22-,23-,24-,25-,26-,29-/m0/s1. The summed E-state index contributed by atoms with van der Waals surface area (Å²) in [5.41, 5.74) is 11.6. The van der Waals surface area contributed by atoms with E-state index in [0.29, 0.717) is 11.4 Å². The number of carboxylic acid groups (broad SMARTS) is 1. The van der Waals surface area contributed by atoms with E-state index in [4.69, 9.17) is 11.5 Å². The zero-order valence-electron chi connectivity index (χ0n) is 35.9. The molecule has 0 spiro atoms. The third-order valence-corrected chi connectivity index (χ3v) is 10.5. The molecule has 2 heterocycles. The molecule has 0 aliphatic rings. The van der Waals surface area contributed by atoms with E-state index in [0.717, 1.165) is 0 Å². The van der Waals surface area contributed by atoms with E-state index in [1.54, 1.807) is 13.8 Å². The number of nitrogens with zero attached hydrogens (tertiary/aromatic N) is 2. The summed E-state index contributed by atoms with van der Waals surface area (Å²) < 4.78 is 0. The Bertz CT molecular complexity index is 1960. The lowest BCUT2D eigenvalue weighted by atomic mass is 9.97. The summed E-state index contributed by atoms with van der Waals surface area (Å²) in [4.78, 5) is 142. The van der Waals surface area contributed by atoms with Crippen molar-refractivity contribution >= 4 is 84.4 Å². The van der Waals surface area contributed by atoms with Gasteiger partial charge < -0.3 is 79.3 Å². The number of aromatic amines is 2. The van der Waals surface area contributed by atoms with Gasteiger partial charge in [0.15, 0.2) is 0 Å². The summed E-state index contributed by atoms with van der Waals surface area (Å²) in [7, 11) is 0. The van der Waals surface area contributed by atoms with E-state index in [-0.39, 0.29) is 43.6 Å². The van der Waals surface area contributed by atoms with Gasteiger partial charge in [-0.1, -0.05) is 20.3 Å². The van der Waals surface area contributed by atoms with Gasteiger partial charge in [-0.15, -0.1) is 0 Å². The normalized spacial score (nSPS) is 15.1. The molecule has 9 amide bonds. The van der Waals surface area contributed by atoms with Crippen molar-refractivity contribution in [2.24, 2.45) is 17.4 Å². The summed E-state index contributed by atoms with van der Waals surface area (Å²) in [6.07, 6.45) is 4.57. The van der Waals surface area contributed by atoms with E-state index in [1.807, 2.05) is 0 Å². The van der Waals surface area contributed by atoms with Gasteiger partial charge in [0.25, 0.3) is 0 Å². The largest absolute Gasteiger partial charge is 0.480 e. The van der Waals surface area contributed by atoms with Crippen molar-refractivity contribution in [2.75, 3.05) is 31.3 Å². The number of nitrogens with two attached hydrogens (primary N) is 2. The number of carbonyl (C=O) groups excluding carboxylic acids is 9. The molecule has 0 radical (unpaired) electrons. The number of hydrogen-bond acceptors (Lipinski definition) is 17. The lowest BCUT2D eigenvalue weighted by molar-refractivity contribution is -0.141. The number of primary amides is 1. The van der Waals surface area contributed by atoms with Gasteiger partial charge >= 0.3 is 5.97 Å². The molecule has 66 heavy (non-hydrogen) atoms. The molecule has 27 nitrogen and oxygen atoms in total. The highest BCUT2D eigenvalue weighted by Crippen LogP contribution is 2.10. The Balaban J connectivity index is 2.21. The molecule has 2 aromatic heterocycles. The van der Waals surface area contributed by atoms with Gasteiger partial charge in [-0.05, 0) is 12.3 Å². The van der Waals surface area contributed by atoms with Crippen molar-refractivity contribution in [3.05, 3.63) is 36.4 Å². The first-order valence-corrected chi connectivity index (χ1v) is 21.6. The maximum absolute atomic E-state index is 13.7. The van der Waals surface area contributed by atoms with Crippen LogP contribution in [-0.4, -0.2) is 174 Å². The number of amides is 9. The fraction of sp³-hybridized carbons (Fsp3) is 0.568. The Hall–Kier alpha value is -6.30. The lowest BCUT2D eigenvalue weighted by Crippen LogP contribution is -2.62. The van der Waals surface area contributed by atoms with E-state index in [2.05, 4.69) is 87.7 Å². The molecular formula is C37H58N14O13S2.